The normalized spacial score (nSPS) is 23.5. The fraction of sp³-hybridized carbons (Fsp3) is 0.667. The molecule has 1 aliphatic heterocycles. The van der Waals surface area contributed by atoms with Gasteiger partial charge in [0, 0.05) is 31.3 Å². The molecule has 0 aromatic heterocycles. The smallest absolute Gasteiger partial charge is 0.127 e. The largest absolute Gasteiger partial charge is 0.497 e. The topological polar surface area (TPSA) is 57.0 Å². The molecular weight excluding hydrogens is 292 g/mol. The summed E-state index contributed by atoms with van der Waals surface area (Å²) in [6, 6.07) is 6.14. The van der Waals surface area contributed by atoms with Crippen LogP contribution < -0.4 is 15.2 Å². The van der Waals surface area contributed by atoms with Crippen molar-refractivity contribution in [2.24, 2.45) is 5.73 Å². The Morgan fingerprint density at radius 1 is 1.30 bits per heavy atom. The second-order valence-electron chi connectivity index (χ2n) is 6.21. The quantitative estimate of drug-likeness (QED) is 0.836. The van der Waals surface area contributed by atoms with Gasteiger partial charge in [-0.15, -0.1) is 0 Å². The van der Waals surface area contributed by atoms with Crippen LogP contribution in [0.4, 0.5) is 0 Å². The van der Waals surface area contributed by atoms with E-state index in [-0.39, 0.29) is 18.2 Å². The third-order valence-electron chi connectivity index (χ3n) is 4.15. The van der Waals surface area contributed by atoms with Crippen LogP contribution in [-0.2, 0) is 4.74 Å². The van der Waals surface area contributed by atoms with Gasteiger partial charge in [-0.05, 0) is 26.3 Å². The van der Waals surface area contributed by atoms with Gasteiger partial charge in [-0.2, -0.15) is 0 Å². The van der Waals surface area contributed by atoms with E-state index in [1.807, 2.05) is 12.1 Å². The van der Waals surface area contributed by atoms with E-state index in [0.29, 0.717) is 13.2 Å². The van der Waals surface area contributed by atoms with E-state index < -0.39 is 0 Å². The molecule has 1 aromatic rings. The molecule has 130 valence electrons. The summed E-state index contributed by atoms with van der Waals surface area (Å²) in [5, 5.41) is 0. The minimum Gasteiger partial charge on any atom is -0.497 e. The highest BCUT2D eigenvalue weighted by atomic mass is 16.5. The molecule has 0 spiro atoms. The third kappa shape index (κ3) is 4.59. The molecule has 2 N–H and O–H groups in total. The summed E-state index contributed by atoms with van der Waals surface area (Å²) in [5.74, 6) is 1.67. The van der Waals surface area contributed by atoms with Gasteiger partial charge in [0.15, 0.2) is 0 Å². The number of ether oxygens (including phenoxy) is 3. The average Bonchev–Trinajstić information content (AvgIpc) is 2.53. The lowest BCUT2D eigenvalue weighted by Gasteiger charge is -2.40. The van der Waals surface area contributed by atoms with Crippen molar-refractivity contribution in [3.05, 3.63) is 23.8 Å². The van der Waals surface area contributed by atoms with Crippen molar-refractivity contribution in [3.8, 4) is 11.5 Å². The van der Waals surface area contributed by atoms with Gasteiger partial charge in [0.2, 0.25) is 0 Å². The van der Waals surface area contributed by atoms with Crippen molar-refractivity contribution in [3.63, 3.8) is 0 Å². The maximum Gasteiger partial charge on any atom is 0.127 e. The molecule has 0 radical (unpaired) electrons. The summed E-state index contributed by atoms with van der Waals surface area (Å²) in [6.45, 7) is 9.32. The average molecular weight is 322 g/mol. The second kappa shape index (κ2) is 8.52. The van der Waals surface area contributed by atoms with Gasteiger partial charge in [0.05, 0.1) is 32.0 Å². The first-order valence-electron chi connectivity index (χ1n) is 8.49. The van der Waals surface area contributed by atoms with Gasteiger partial charge < -0.3 is 19.9 Å². The Balaban J connectivity index is 2.28. The van der Waals surface area contributed by atoms with E-state index in [0.717, 1.165) is 36.6 Å². The van der Waals surface area contributed by atoms with E-state index in [2.05, 4.69) is 31.7 Å². The Hall–Kier alpha value is -1.30. The number of methoxy groups -OCH3 is 1. The van der Waals surface area contributed by atoms with Gasteiger partial charge >= 0.3 is 0 Å². The predicted molar refractivity (Wildman–Crippen MR) is 92.2 cm³/mol. The Kier molecular flexibility index (Phi) is 6.69. The summed E-state index contributed by atoms with van der Waals surface area (Å²) in [5.41, 5.74) is 7.25. The molecule has 23 heavy (non-hydrogen) atoms. The third-order valence-corrected chi connectivity index (χ3v) is 4.15. The summed E-state index contributed by atoms with van der Waals surface area (Å²) in [6.07, 6.45) is 1.40. The van der Waals surface area contributed by atoms with Crippen LogP contribution in [0.5, 0.6) is 11.5 Å². The standard InChI is InChI=1S/C18H30N2O3/c1-5-8-22-18-9-15(21-4)6-7-16(18)17(10-19)20-11-13(2)23-14(3)12-20/h6-7,9,13-14,17H,5,8,10-12,19H2,1-4H3. The maximum absolute atomic E-state index is 6.13. The molecule has 1 heterocycles. The molecule has 0 bridgehead atoms. The van der Waals surface area contributed by atoms with Crippen molar-refractivity contribution < 1.29 is 14.2 Å². The first-order valence-corrected chi connectivity index (χ1v) is 8.49. The maximum atomic E-state index is 6.13. The van der Waals surface area contributed by atoms with Crippen LogP contribution in [0.2, 0.25) is 0 Å². The van der Waals surface area contributed by atoms with Crippen LogP contribution in [0.15, 0.2) is 18.2 Å². The molecule has 3 atom stereocenters. The number of morpholine rings is 1. The Bertz CT molecular complexity index is 485. The first kappa shape index (κ1) is 18.0. The van der Waals surface area contributed by atoms with Crippen molar-refractivity contribution in [1.82, 2.24) is 4.90 Å². The summed E-state index contributed by atoms with van der Waals surface area (Å²) < 4.78 is 17.1. The highest BCUT2D eigenvalue weighted by Gasteiger charge is 2.29. The highest BCUT2D eigenvalue weighted by molar-refractivity contribution is 5.43. The fourth-order valence-electron chi connectivity index (χ4n) is 3.20. The van der Waals surface area contributed by atoms with Crippen molar-refractivity contribution in [1.29, 1.82) is 0 Å². The molecule has 1 aromatic carbocycles. The lowest BCUT2D eigenvalue weighted by molar-refractivity contribution is -0.0801. The lowest BCUT2D eigenvalue weighted by Crippen LogP contribution is -2.48. The number of rotatable bonds is 7. The second-order valence-corrected chi connectivity index (χ2v) is 6.21. The minimum atomic E-state index is 0.126. The lowest BCUT2D eigenvalue weighted by atomic mass is 10.0. The van der Waals surface area contributed by atoms with Crippen LogP contribution >= 0.6 is 0 Å². The molecule has 2 rings (SSSR count). The number of benzene rings is 1. The molecule has 5 nitrogen and oxygen atoms in total. The Morgan fingerprint density at radius 3 is 2.57 bits per heavy atom. The number of hydrogen-bond acceptors (Lipinski definition) is 5. The molecule has 1 fully saturated rings. The van der Waals surface area contributed by atoms with Crippen molar-refractivity contribution in [2.75, 3.05) is 33.4 Å². The van der Waals surface area contributed by atoms with Gasteiger partial charge in [-0.3, -0.25) is 4.90 Å². The molecule has 0 amide bonds. The van der Waals surface area contributed by atoms with Crippen LogP contribution in [0.25, 0.3) is 0 Å². The molecule has 3 unspecified atom stereocenters. The highest BCUT2D eigenvalue weighted by Crippen LogP contribution is 2.34. The number of nitrogens with two attached hydrogens (primary N) is 1. The SMILES string of the molecule is CCCOc1cc(OC)ccc1C(CN)N1CC(C)OC(C)C1. The van der Waals surface area contributed by atoms with Crippen LogP contribution in [0.1, 0.15) is 38.8 Å². The van der Waals surface area contributed by atoms with Crippen molar-refractivity contribution in [2.45, 2.75) is 45.4 Å². The first-order chi connectivity index (χ1) is 11.1. The van der Waals surface area contributed by atoms with Crippen molar-refractivity contribution >= 4 is 0 Å². The summed E-state index contributed by atoms with van der Waals surface area (Å²) in [4.78, 5) is 2.40. The van der Waals surface area contributed by atoms with E-state index in [9.17, 15) is 0 Å². The van der Waals surface area contributed by atoms with E-state index >= 15 is 0 Å². The Labute approximate surface area is 139 Å². The summed E-state index contributed by atoms with van der Waals surface area (Å²) >= 11 is 0. The van der Waals surface area contributed by atoms with E-state index in [1.54, 1.807) is 7.11 Å². The van der Waals surface area contributed by atoms with Gasteiger partial charge in [-0.25, -0.2) is 0 Å². The zero-order chi connectivity index (χ0) is 16.8. The van der Waals surface area contributed by atoms with Crippen LogP contribution in [0.3, 0.4) is 0 Å². The Morgan fingerprint density at radius 2 is 2.00 bits per heavy atom. The molecule has 1 saturated heterocycles. The van der Waals surface area contributed by atoms with E-state index in [4.69, 9.17) is 19.9 Å². The fourth-order valence-corrected chi connectivity index (χ4v) is 3.20. The molecule has 0 aliphatic carbocycles. The molecule has 0 saturated carbocycles. The summed E-state index contributed by atoms with van der Waals surface area (Å²) in [7, 11) is 1.67. The molecular formula is C18H30N2O3. The minimum absolute atomic E-state index is 0.126. The van der Waals surface area contributed by atoms with Crippen LogP contribution in [-0.4, -0.2) is 50.5 Å². The van der Waals surface area contributed by atoms with Gasteiger partial charge in [0.25, 0.3) is 0 Å². The zero-order valence-electron chi connectivity index (χ0n) is 14.7. The van der Waals surface area contributed by atoms with Gasteiger partial charge in [-0.1, -0.05) is 13.0 Å². The zero-order valence-corrected chi connectivity index (χ0v) is 14.7. The monoisotopic (exact) mass is 322 g/mol. The van der Waals surface area contributed by atoms with E-state index in [1.165, 1.54) is 0 Å². The number of hydrogen-bond donors (Lipinski definition) is 1. The molecule has 1 aliphatic rings. The van der Waals surface area contributed by atoms with Gasteiger partial charge in [0.1, 0.15) is 11.5 Å². The predicted octanol–water partition coefficient (Wildman–Crippen LogP) is 2.59. The van der Waals surface area contributed by atoms with Crippen LogP contribution in [0, 0.1) is 0 Å². The molecule has 5 heteroatoms. The number of nitrogens with zero attached hydrogens (tertiary/aromatic N) is 1.